The highest BCUT2D eigenvalue weighted by atomic mass is 32.2. The molecule has 0 amide bonds. The molecule has 1 atom stereocenters. The van der Waals surface area contributed by atoms with Gasteiger partial charge in [-0.2, -0.15) is 4.98 Å². The van der Waals surface area contributed by atoms with Crippen LogP contribution in [0, 0.1) is 0 Å². The van der Waals surface area contributed by atoms with Crippen LogP contribution >= 0.6 is 11.8 Å². The summed E-state index contributed by atoms with van der Waals surface area (Å²) in [5, 5.41) is 14.2. The first-order valence-corrected chi connectivity index (χ1v) is 11.5. The predicted molar refractivity (Wildman–Crippen MR) is 126 cm³/mol. The second-order valence-electron chi connectivity index (χ2n) is 7.65. The molecule has 0 saturated carbocycles. The number of hydrogen-bond acceptors (Lipinski definition) is 5. The molecule has 0 aliphatic carbocycles. The van der Waals surface area contributed by atoms with Crippen LogP contribution in [-0.4, -0.2) is 21.4 Å². The van der Waals surface area contributed by atoms with Gasteiger partial charge in [0.15, 0.2) is 5.69 Å². The van der Waals surface area contributed by atoms with Gasteiger partial charge in [-0.25, -0.2) is 0 Å². The third-order valence-electron chi connectivity index (χ3n) is 5.88. The first-order valence-electron chi connectivity index (χ1n) is 10.3. The lowest BCUT2D eigenvalue weighted by Crippen LogP contribution is -2.12. The predicted octanol–water partition coefficient (Wildman–Crippen LogP) is 6.24. The summed E-state index contributed by atoms with van der Waals surface area (Å²) in [5.41, 5.74) is 4.13. The zero-order valence-corrected chi connectivity index (χ0v) is 17.8. The quantitative estimate of drug-likeness (QED) is 0.249. The fourth-order valence-corrected chi connectivity index (χ4v) is 4.79. The van der Waals surface area contributed by atoms with Crippen molar-refractivity contribution in [3.8, 4) is 17.1 Å². The van der Waals surface area contributed by atoms with Gasteiger partial charge in [-0.1, -0.05) is 84.6 Å². The topological polar surface area (TPSA) is 47.9 Å². The normalized spacial score (nSPS) is 15.2. The standard InChI is InChI=1S/C26H19N3OS/c1-31-26-27-25-24(28-29-26)21-13-7-4-10-18(21)15-22(30-25)23-19-11-5-2-8-16(19)14-17-9-3-6-12-20(17)23/h2-14,22H,15H2,1H3. The molecule has 150 valence electrons. The van der Waals surface area contributed by atoms with E-state index in [9.17, 15) is 0 Å². The van der Waals surface area contributed by atoms with Crippen LogP contribution in [0.4, 0.5) is 0 Å². The van der Waals surface area contributed by atoms with Gasteiger partial charge in [0.2, 0.25) is 11.0 Å². The van der Waals surface area contributed by atoms with Gasteiger partial charge in [-0.15, -0.1) is 10.2 Å². The third kappa shape index (κ3) is 3.04. The monoisotopic (exact) mass is 421 g/mol. The minimum atomic E-state index is -0.190. The van der Waals surface area contributed by atoms with E-state index in [0.717, 1.165) is 12.0 Å². The Morgan fingerprint density at radius 2 is 1.52 bits per heavy atom. The van der Waals surface area contributed by atoms with Crippen molar-refractivity contribution in [2.45, 2.75) is 17.7 Å². The minimum absolute atomic E-state index is 0.190. The molecule has 0 bridgehead atoms. The Morgan fingerprint density at radius 3 is 2.26 bits per heavy atom. The third-order valence-corrected chi connectivity index (χ3v) is 6.42. The minimum Gasteiger partial charge on any atom is -0.467 e. The number of ether oxygens (including phenoxy) is 1. The molecule has 0 fully saturated rings. The van der Waals surface area contributed by atoms with Gasteiger partial charge in [0, 0.05) is 17.5 Å². The number of rotatable bonds is 2. The molecule has 1 aliphatic heterocycles. The van der Waals surface area contributed by atoms with Gasteiger partial charge in [0.25, 0.3) is 0 Å². The lowest BCUT2D eigenvalue weighted by Gasteiger charge is -2.21. The van der Waals surface area contributed by atoms with E-state index in [1.807, 2.05) is 12.3 Å². The first-order chi connectivity index (χ1) is 15.3. The lowest BCUT2D eigenvalue weighted by atomic mass is 9.90. The van der Waals surface area contributed by atoms with Crippen LogP contribution in [0.25, 0.3) is 32.8 Å². The van der Waals surface area contributed by atoms with Crippen LogP contribution in [0.3, 0.4) is 0 Å². The van der Waals surface area contributed by atoms with Crippen molar-refractivity contribution in [3.63, 3.8) is 0 Å². The zero-order valence-electron chi connectivity index (χ0n) is 16.9. The van der Waals surface area contributed by atoms with Gasteiger partial charge in [-0.05, 0) is 39.4 Å². The Labute approximate surface area is 184 Å². The zero-order chi connectivity index (χ0) is 20.8. The van der Waals surface area contributed by atoms with E-state index >= 15 is 0 Å². The van der Waals surface area contributed by atoms with Crippen LogP contribution in [-0.2, 0) is 6.42 Å². The van der Waals surface area contributed by atoms with E-state index in [1.54, 1.807) is 0 Å². The summed E-state index contributed by atoms with van der Waals surface area (Å²) in [6, 6.07) is 27.6. The Hall–Kier alpha value is -3.44. The number of thioether (sulfide) groups is 1. The molecule has 1 unspecified atom stereocenters. The Balaban J connectivity index is 1.64. The molecular weight excluding hydrogens is 402 g/mol. The highest BCUT2D eigenvalue weighted by molar-refractivity contribution is 7.98. The molecule has 0 N–H and O–H groups in total. The Bertz CT molecular complexity index is 1400. The average molecular weight is 422 g/mol. The number of benzene rings is 4. The van der Waals surface area contributed by atoms with Crippen LogP contribution < -0.4 is 4.74 Å². The van der Waals surface area contributed by atoms with Crippen molar-refractivity contribution in [2.24, 2.45) is 0 Å². The molecule has 5 aromatic rings. The first kappa shape index (κ1) is 18.3. The fraction of sp³-hybridized carbons (Fsp3) is 0.115. The maximum absolute atomic E-state index is 6.66. The highest BCUT2D eigenvalue weighted by Gasteiger charge is 2.28. The summed E-state index contributed by atoms with van der Waals surface area (Å²) in [6.45, 7) is 0. The maximum Gasteiger partial charge on any atom is 0.245 e. The molecular formula is C26H19N3OS. The molecule has 5 heteroatoms. The van der Waals surface area contributed by atoms with Crippen molar-refractivity contribution < 1.29 is 4.74 Å². The van der Waals surface area contributed by atoms with Crippen LogP contribution in [0.5, 0.6) is 5.88 Å². The number of aromatic nitrogens is 3. The lowest BCUT2D eigenvalue weighted by molar-refractivity contribution is 0.201. The summed E-state index contributed by atoms with van der Waals surface area (Å²) in [6.07, 6.45) is 2.50. The molecule has 2 heterocycles. The van der Waals surface area contributed by atoms with Gasteiger partial charge in [0.1, 0.15) is 6.10 Å². The van der Waals surface area contributed by atoms with Gasteiger partial charge >= 0.3 is 0 Å². The Morgan fingerprint density at radius 1 is 0.839 bits per heavy atom. The van der Waals surface area contributed by atoms with E-state index in [1.165, 1.54) is 44.4 Å². The largest absolute Gasteiger partial charge is 0.467 e. The number of fused-ring (bicyclic) bond motifs is 5. The smallest absolute Gasteiger partial charge is 0.245 e. The fourth-order valence-electron chi connectivity index (χ4n) is 4.50. The average Bonchev–Trinajstić information content (AvgIpc) is 2.98. The summed E-state index contributed by atoms with van der Waals surface area (Å²) in [4.78, 5) is 4.69. The van der Waals surface area contributed by atoms with Gasteiger partial charge in [0.05, 0.1) is 0 Å². The second-order valence-corrected chi connectivity index (χ2v) is 8.43. The number of nitrogens with zero attached hydrogens (tertiary/aromatic N) is 3. The van der Waals surface area contributed by atoms with Crippen LogP contribution in [0.1, 0.15) is 17.2 Å². The molecule has 4 aromatic carbocycles. The van der Waals surface area contributed by atoms with Crippen molar-refractivity contribution in [1.82, 2.24) is 15.2 Å². The summed E-state index contributed by atoms with van der Waals surface area (Å²) < 4.78 is 6.66. The van der Waals surface area contributed by atoms with Gasteiger partial charge in [-0.3, -0.25) is 0 Å². The van der Waals surface area contributed by atoms with Crippen LogP contribution in [0.2, 0.25) is 0 Å². The van der Waals surface area contributed by atoms with Gasteiger partial charge < -0.3 is 4.74 Å². The SMILES string of the molecule is CSc1nnc2c(n1)OC(c1c3ccccc3cc3ccccc13)Cc1ccccc1-2. The maximum atomic E-state index is 6.66. The molecule has 0 radical (unpaired) electrons. The van der Waals surface area contributed by atoms with Crippen molar-refractivity contribution >= 4 is 33.3 Å². The molecule has 1 aromatic heterocycles. The second kappa shape index (κ2) is 7.36. The molecule has 1 aliphatic rings. The van der Waals surface area contributed by atoms with Crippen molar-refractivity contribution in [3.05, 3.63) is 90.0 Å². The van der Waals surface area contributed by atoms with E-state index in [2.05, 4.69) is 83.0 Å². The van der Waals surface area contributed by atoms with Crippen LogP contribution in [0.15, 0.2) is 84.0 Å². The van der Waals surface area contributed by atoms with E-state index < -0.39 is 0 Å². The molecule has 4 nitrogen and oxygen atoms in total. The van der Waals surface area contributed by atoms with E-state index in [4.69, 9.17) is 9.72 Å². The number of hydrogen-bond donors (Lipinski definition) is 0. The molecule has 31 heavy (non-hydrogen) atoms. The summed E-state index contributed by atoms with van der Waals surface area (Å²) >= 11 is 1.47. The Kier molecular flexibility index (Phi) is 4.35. The van der Waals surface area contributed by atoms with E-state index in [0.29, 0.717) is 16.7 Å². The summed E-state index contributed by atoms with van der Waals surface area (Å²) in [5.74, 6) is 0.548. The van der Waals surface area contributed by atoms with E-state index in [-0.39, 0.29) is 6.10 Å². The molecule has 0 saturated heterocycles. The van der Waals surface area contributed by atoms with Crippen molar-refractivity contribution in [2.75, 3.05) is 6.26 Å². The highest BCUT2D eigenvalue weighted by Crippen LogP contribution is 2.42. The summed E-state index contributed by atoms with van der Waals surface area (Å²) in [7, 11) is 0. The molecule has 0 spiro atoms. The molecule has 6 rings (SSSR count). The van der Waals surface area contributed by atoms with Crippen molar-refractivity contribution in [1.29, 1.82) is 0 Å².